The third-order valence-corrected chi connectivity index (χ3v) is 4.79. The first-order chi connectivity index (χ1) is 10.2. The Kier molecular flexibility index (Phi) is 4.54. The minimum atomic E-state index is -0.300. The van der Waals surface area contributed by atoms with Crippen molar-refractivity contribution in [1.29, 1.82) is 0 Å². The van der Waals surface area contributed by atoms with Gasteiger partial charge in [-0.15, -0.1) is 0 Å². The van der Waals surface area contributed by atoms with Crippen LogP contribution in [0.5, 0.6) is 0 Å². The van der Waals surface area contributed by atoms with Gasteiger partial charge in [-0.2, -0.15) is 0 Å². The van der Waals surface area contributed by atoms with Gasteiger partial charge in [0.25, 0.3) is 5.69 Å². The van der Waals surface area contributed by atoms with Crippen LogP contribution in [0.25, 0.3) is 0 Å². The Labute approximate surface area is 126 Å². The normalized spacial score (nSPS) is 19.9. The zero-order chi connectivity index (χ0) is 14.7. The van der Waals surface area contributed by atoms with Crippen LogP contribution in [0, 0.1) is 16.0 Å². The van der Waals surface area contributed by atoms with Crippen LogP contribution in [0.3, 0.4) is 0 Å². The van der Waals surface area contributed by atoms with Gasteiger partial charge < -0.3 is 0 Å². The van der Waals surface area contributed by atoms with Gasteiger partial charge in [0.05, 0.1) is 4.92 Å². The molecule has 4 heteroatoms. The van der Waals surface area contributed by atoms with E-state index in [0.717, 1.165) is 18.0 Å². The molecule has 0 aromatic heterocycles. The summed E-state index contributed by atoms with van der Waals surface area (Å²) in [5, 5.41) is 10.9. The van der Waals surface area contributed by atoms with Crippen LogP contribution in [0.15, 0.2) is 24.3 Å². The van der Waals surface area contributed by atoms with Gasteiger partial charge >= 0.3 is 0 Å². The number of hydrogen-bond acceptors (Lipinski definition) is 3. The van der Waals surface area contributed by atoms with Gasteiger partial charge in [-0.3, -0.25) is 15.0 Å². The van der Waals surface area contributed by atoms with Crippen molar-refractivity contribution in [3.8, 4) is 0 Å². The van der Waals surface area contributed by atoms with Crippen LogP contribution >= 0.6 is 0 Å². The van der Waals surface area contributed by atoms with Crippen molar-refractivity contribution < 1.29 is 4.92 Å². The zero-order valence-electron chi connectivity index (χ0n) is 12.5. The number of hydrogen-bond donors (Lipinski definition) is 0. The predicted molar refractivity (Wildman–Crippen MR) is 83.1 cm³/mol. The summed E-state index contributed by atoms with van der Waals surface area (Å²) in [4.78, 5) is 13.2. The highest BCUT2D eigenvalue weighted by atomic mass is 16.6. The minimum absolute atomic E-state index is 0.209. The molecule has 1 aromatic rings. The molecule has 0 N–H and O–H groups in total. The maximum Gasteiger partial charge on any atom is 0.269 e. The molecule has 0 unspecified atom stereocenters. The topological polar surface area (TPSA) is 46.4 Å². The fraction of sp³-hybridized carbons (Fsp3) is 0.647. The highest BCUT2D eigenvalue weighted by Crippen LogP contribution is 2.32. The van der Waals surface area contributed by atoms with Crippen molar-refractivity contribution in [2.75, 3.05) is 6.54 Å². The number of benzene rings is 1. The second kappa shape index (κ2) is 6.56. The van der Waals surface area contributed by atoms with E-state index in [9.17, 15) is 10.1 Å². The molecule has 4 nitrogen and oxygen atoms in total. The van der Waals surface area contributed by atoms with E-state index >= 15 is 0 Å². The van der Waals surface area contributed by atoms with E-state index in [1.807, 2.05) is 6.07 Å². The average Bonchev–Trinajstić information content (AvgIpc) is 3.33. The van der Waals surface area contributed by atoms with E-state index < -0.39 is 0 Å². The molecular weight excluding hydrogens is 264 g/mol. The van der Waals surface area contributed by atoms with Gasteiger partial charge in [-0.1, -0.05) is 31.4 Å². The zero-order valence-corrected chi connectivity index (χ0v) is 12.5. The standard InChI is InChI=1S/C17H24N2O2/c20-19(21)17-8-4-7-15(11-17)13-18(16-9-10-16)12-14-5-2-1-3-6-14/h4,7-8,11,14,16H,1-3,5-6,9-10,12-13H2. The Morgan fingerprint density at radius 1 is 1.14 bits per heavy atom. The van der Waals surface area contributed by atoms with Crippen molar-refractivity contribution in [2.45, 2.75) is 57.5 Å². The van der Waals surface area contributed by atoms with E-state index in [0.29, 0.717) is 6.04 Å². The lowest BCUT2D eigenvalue weighted by Gasteiger charge is -2.29. The monoisotopic (exact) mass is 288 g/mol. The van der Waals surface area contributed by atoms with Crippen LogP contribution in [0.4, 0.5) is 5.69 Å². The molecule has 0 aliphatic heterocycles. The lowest BCUT2D eigenvalue weighted by atomic mass is 9.89. The highest BCUT2D eigenvalue weighted by Gasteiger charge is 2.31. The maximum absolute atomic E-state index is 10.9. The molecule has 0 atom stereocenters. The molecule has 0 saturated heterocycles. The van der Waals surface area contributed by atoms with Crippen molar-refractivity contribution in [3.63, 3.8) is 0 Å². The van der Waals surface area contributed by atoms with Gasteiger partial charge in [-0.05, 0) is 37.2 Å². The summed E-state index contributed by atoms with van der Waals surface area (Å²) < 4.78 is 0. The van der Waals surface area contributed by atoms with Gasteiger partial charge in [-0.25, -0.2) is 0 Å². The average molecular weight is 288 g/mol. The summed E-state index contributed by atoms with van der Waals surface area (Å²) in [6, 6.07) is 7.84. The van der Waals surface area contributed by atoms with Crippen LogP contribution in [-0.2, 0) is 6.54 Å². The molecule has 0 bridgehead atoms. The third kappa shape index (κ3) is 4.03. The first-order valence-electron chi connectivity index (χ1n) is 8.20. The molecular formula is C17H24N2O2. The van der Waals surface area contributed by atoms with Crippen molar-refractivity contribution in [2.24, 2.45) is 5.92 Å². The molecule has 0 amide bonds. The lowest BCUT2D eigenvalue weighted by Crippen LogP contribution is -2.32. The second-order valence-corrected chi connectivity index (χ2v) is 6.59. The van der Waals surface area contributed by atoms with Gasteiger partial charge in [0.2, 0.25) is 0 Å². The van der Waals surface area contributed by atoms with Crippen LogP contribution in [0.1, 0.15) is 50.5 Å². The van der Waals surface area contributed by atoms with Crippen molar-refractivity contribution in [1.82, 2.24) is 4.90 Å². The van der Waals surface area contributed by atoms with E-state index in [4.69, 9.17) is 0 Å². The first-order valence-corrected chi connectivity index (χ1v) is 8.20. The largest absolute Gasteiger partial charge is 0.296 e. The molecule has 2 fully saturated rings. The third-order valence-electron chi connectivity index (χ3n) is 4.79. The number of non-ortho nitro benzene ring substituents is 1. The number of nitrogens with zero attached hydrogens (tertiary/aromatic N) is 2. The summed E-state index contributed by atoms with van der Waals surface area (Å²) in [5.74, 6) is 0.832. The number of nitro benzene ring substituents is 1. The number of nitro groups is 1. The molecule has 114 valence electrons. The summed E-state index contributed by atoms with van der Waals surface area (Å²) in [6.07, 6.45) is 9.45. The van der Waals surface area contributed by atoms with Crippen molar-refractivity contribution in [3.05, 3.63) is 39.9 Å². The van der Waals surface area contributed by atoms with Crippen LogP contribution in [-0.4, -0.2) is 22.4 Å². The smallest absolute Gasteiger partial charge is 0.269 e. The Hall–Kier alpha value is -1.42. The maximum atomic E-state index is 10.9. The fourth-order valence-corrected chi connectivity index (χ4v) is 3.49. The van der Waals surface area contributed by atoms with Gasteiger partial charge in [0.15, 0.2) is 0 Å². The minimum Gasteiger partial charge on any atom is -0.296 e. The second-order valence-electron chi connectivity index (χ2n) is 6.59. The van der Waals surface area contributed by atoms with E-state index in [2.05, 4.69) is 4.90 Å². The summed E-state index contributed by atoms with van der Waals surface area (Å²) >= 11 is 0. The molecule has 1 aromatic carbocycles. The molecule has 0 spiro atoms. The Bertz CT molecular complexity index is 493. The SMILES string of the molecule is O=[N+]([O-])c1cccc(CN(CC2CCCCC2)C2CC2)c1. The quantitative estimate of drug-likeness (QED) is 0.584. The first kappa shape index (κ1) is 14.5. The van der Waals surface area contributed by atoms with Crippen LogP contribution in [0.2, 0.25) is 0 Å². The Balaban J connectivity index is 1.64. The Morgan fingerprint density at radius 3 is 2.57 bits per heavy atom. The molecule has 2 aliphatic carbocycles. The molecule has 3 rings (SSSR count). The van der Waals surface area contributed by atoms with E-state index in [-0.39, 0.29) is 10.6 Å². The van der Waals surface area contributed by atoms with Crippen LogP contribution < -0.4 is 0 Å². The molecule has 0 radical (unpaired) electrons. The lowest BCUT2D eigenvalue weighted by molar-refractivity contribution is -0.384. The molecule has 0 heterocycles. The van der Waals surface area contributed by atoms with Gasteiger partial charge in [0, 0.05) is 31.3 Å². The summed E-state index contributed by atoms with van der Waals surface area (Å²) in [6.45, 7) is 2.04. The van der Waals surface area contributed by atoms with E-state index in [1.165, 1.54) is 51.5 Å². The number of rotatable bonds is 6. The van der Waals surface area contributed by atoms with E-state index in [1.54, 1.807) is 18.2 Å². The fourth-order valence-electron chi connectivity index (χ4n) is 3.49. The predicted octanol–water partition coefficient (Wildman–Crippen LogP) is 4.14. The summed E-state index contributed by atoms with van der Waals surface area (Å²) in [7, 11) is 0. The molecule has 21 heavy (non-hydrogen) atoms. The molecule has 2 saturated carbocycles. The highest BCUT2D eigenvalue weighted by molar-refractivity contribution is 5.34. The summed E-state index contributed by atoms with van der Waals surface area (Å²) in [5.41, 5.74) is 1.29. The van der Waals surface area contributed by atoms with Crippen molar-refractivity contribution >= 4 is 5.69 Å². The molecule has 2 aliphatic rings. The Morgan fingerprint density at radius 2 is 1.90 bits per heavy atom. The van der Waals surface area contributed by atoms with Gasteiger partial charge in [0.1, 0.15) is 0 Å².